The van der Waals surface area contributed by atoms with Gasteiger partial charge in [-0.3, -0.25) is 24.2 Å². The molecule has 2 aliphatic carbocycles. The maximum absolute atomic E-state index is 14.7. The van der Waals surface area contributed by atoms with Crippen LogP contribution < -0.4 is 34.7 Å². The number of hydrogen-bond acceptors (Lipinski definition) is 9. The van der Waals surface area contributed by atoms with Crippen LogP contribution in [0.2, 0.25) is 0 Å². The summed E-state index contributed by atoms with van der Waals surface area (Å²) in [7, 11) is 0. The zero-order valence-corrected chi connectivity index (χ0v) is 41.8. The van der Waals surface area contributed by atoms with E-state index in [1.807, 2.05) is 18.2 Å². The van der Waals surface area contributed by atoms with Crippen LogP contribution in [0.3, 0.4) is 0 Å². The summed E-state index contributed by atoms with van der Waals surface area (Å²) < 4.78 is 134. The fourth-order valence-electron chi connectivity index (χ4n) is 7.27. The van der Waals surface area contributed by atoms with Crippen LogP contribution in [0.5, 0.6) is 0 Å². The third-order valence-corrected chi connectivity index (χ3v) is 10.5. The van der Waals surface area contributed by atoms with E-state index < -0.39 is 81.3 Å². The van der Waals surface area contributed by atoms with Gasteiger partial charge in [-0.2, -0.15) is 31.6 Å². The molecule has 78 heavy (non-hydrogen) atoms. The molecular formula is C54H21F10N10NaO3. The van der Waals surface area contributed by atoms with Gasteiger partial charge in [-0.25, -0.2) is 43.9 Å². The Morgan fingerprint density at radius 2 is 0.744 bits per heavy atom. The van der Waals surface area contributed by atoms with E-state index in [0.29, 0.717) is 22.3 Å². The van der Waals surface area contributed by atoms with Gasteiger partial charge in [0.15, 0.2) is 75.1 Å². The molecule has 13 nitrogen and oxygen atoms in total. The molecule has 0 unspecified atom stereocenters. The third-order valence-electron chi connectivity index (χ3n) is 10.5. The maximum Gasteiger partial charge on any atom is 1.00 e. The van der Waals surface area contributed by atoms with Gasteiger partial charge in [0.2, 0.25) is 11.6 Å². The SMILES string of the molecule is CCO.CC[O-].N#CCc1c(F)c(F)c(F)c(F)c1F.[C-]#[N+]c1cc2c(cc1[N+]#[C-])-c1cc(C#N)c(C#N)cc1/C2=C(\C#N)c1c(F)c(F)c(F)c(F)c1F.[C-]#[N+]c1cc2c(cc1[N+]#[C-])-c1cc(C#N)c(C#N)cc1C2=O.[Na+]. The summed E-state index contributed by atoms with van der Waals surface area (Å²) in [5.74, 6) is -21.9. The second kappa shape index (κ2) is 26.9. The molecule has 0 aromatic heterocycles. The Kier molecular flexibility index (Phi) is 21.4. The number of benzene rings is 6. The molecule has 376 valence electrons. The molecule has 1 N–H and O–H groups in total. The van der Waals surface area contributed by atoms with Crippen LogP contribution in [0.15, 0.2) is 48.5 Å². The molecule has 0 radical (unpaired) electrons. The molecule has 0 heterocycles. The number of rotatable bonds is 2. The standard InChI is InChI=1S/C25H4F5N5.C17H4N4O.C8H2F5N.C2H6O.C2H5O.Na/c1-34-17-5-13-12-3-10(7-31)11(8-32)4-14(12)19(15(13)6-18(17)35-2)16(9-33)20-21(26)23(28)25(30)24(29)22(20)27;1-20-15-5-12-11-3-9(7-18)10(8-19)4-13(11)17(22)14(12)6-16(15)21-2;9-4-3(1-2-14)5(10)7(12)8(13)6(4)11;2*1-2-3;/h3-6H;3-6H;1H2;3H,2H2,1H3;2H2,1H3;/q;;;;-1;+1/b19-16-;;;;;. The van der Waals surface area contributed by atoms with Crippen molar-refractivity contribution < 1.29 is 88.5 Å². The van der Waals surface area contributed by atoms with Crippen LogP contribution in [-0.2, 0) is 6.42 Å². The van der Waals surface area contributed by atoms with Crippen molar-refractivity contribution in [2.45, 2.75) is 20.3 Å². The topological polar surface area (TPSA) is 221 Å². The number of nitriles is 6. The van der Waals surface area contributed by atoms with E-state index in [-0.39, 0.29) is 121 Å². The largest absolute Gasteiger partial charge is 1.00 e. The Morgan fingerprint density at radius 3 is 1.09 bits per heavy atom. The molecule has 6 aromatic rings. The van der Waals surface area contributed by atoms with E-state index in [9.17, 15) is 64.5 Å². The summed E-state index contributed by atoms with van der Waals surface area (Å²) in [6, 6.07) is 20.8. The first-order chi connectivity index (χ1) is 36.7. The van der Waals surface area contributed by atoms with Gasteiger partial charge in [-0.15, -0.1) is 6.61 Å². The maximum atomic E-state index is 14.7. The van der Waals surface area contributed by atoms with Crippen molar-refractivity contribution >= 4 is 39.7 Å². The smallest absolute Gasteiger partial charge is 0.855 e. The monoisotopic (exact) mass is 1070 g/mol. The van der Waals surface area contributed by atoms with Gasteiger partial charge in [0.05, 0.1) is 72.2 Å². The number of carbonyl (C=O) groups is 1. The Labute approximate surface area is 457 Å². The van der Waals surface area contributed by atoms with Crippen molar-refractivity contribution in [1.82, 2.24) is 0 Å². The molecule has 24 heteroatoms. The Morgan fingerprint density at radius 1 is 0.487 bits per heavy atom. The van der Waals surface area contributed by atoms with Gasteiger partial charge < -0.3 is 10.2 Å². The molecule has 0 aliphatic heterocycles. The molecule has 0 spiro atoms. The predicted molar refractivity (Wildman–Crippen MR) is 248 cm³/mol. The van der Waals surface area contributed by atoms with E-state index in [2.05, 4.69) is 19.4 Å². The summed E-state index contributed by atoms with van der Waals surface area (Å²) in [6.07, 6.45) is -0.869. The van der Waals surface area contributed by atoms with Crippen molar-refractivity contribution in [2.24, 2.45) is 0 Å². The number of halogens is 10. The fraction of sp³-hybridized carbons (Fsp3) is 0.0926. The molecular weight excluding hydrogens is 1050 g/mol. The summed E-state index contributed by atoms with van der Waals surface area (Å²) >= 11 is 0. The number of aliphatic hydroxyl groups excluding tert-OH is 1. The van der Waals surface area contributed by atoms with Crippen LogP contribution in [0, 0.1) is 152 Å². The molecule has 0 saturated heterocycles. The number of hydrogen-bond donors (Lipinski definition) is 1. The van der Waals surface area contributed by atoms with Gasteiger partial charge in [0.25, 0.3) is 0 Å². The number of ketones is 1. The van der Waals surface area contributed by atoms with E-state index in [0.717, 1.165) is 12.1 Å². The van der Waals surface area contributed by atoms with Crippen LogP contribution in [0.1, 0.15) is 74.3 Å². The zero-order chi connectivity index (χ0) is 57.7. The molecule has 0 fully saturated rings. The van der Waals surface area contributed by atoms with Gasteiger partial charge in [-0.05, 0) is 64.6 Å². The van der Waals surface area contributed by atoms with E-state index >= 15 is 0 Å². The van der Waals surface area contributed by atoms with Crippen molar-refractivity contribution in [2.75, 3.05) is 13.2 Å². The minimum atomic E-state index is -2.40. The number of allylic oxidation sites excluding steroid dienone is 1. The summed E-state index contributed by atoms with van der Waals surface area (Å²) in [6.45, 7) is 32.4. The number of carbonyl (C=O) groups excluding carboxylic acids is 1. The van der Waals surface area contributed by atoms with Crippen LogP contribution in [-0.4, -0.2) is 24.1 Å². The molecule has 8 rings (SSSR count). The summed E-state index contributed by atoms with van der Waals surface area (Å²) in [5.41, 5.74) is -1.82. The third kappa shape index (κ3) is 11.5. The number of aliphatic hydroxyl groups is 1. The van der Waals surface area contributed by atoms with Crippen molar-refractivity contribution in [3.05, 3.63) is 208 Å². The van der Waals surface area contributed by atoms with Crippen LogP contribution >= 0.6 is 0 Å². The van der Waals surface area contributed by atoms with Crippen molar-refractivity contribution in [3.63, 3.8) is 0 Å². The van der Waals surface area contributed by atoms with Gasteiger partial charge >= 0.3 is 29.6 Å². The van der Waals surface area contributed by atoms with Crippen LogP contribution in [0.25, 0.3) is 52.8 Å². The normalized spacial score (nSPS) is 10.8. The molecule has 6 aromatic carbocycles. The van der Waals surface area contributed by atoms with Crippen molar-refractivity contribution in [1.29, 1.82) is 31.6 Å². The molecule has 0 amide bonds. The zero-order valence-electron chi connectivity index (χ0n) is 39.8. The molecule has 0 atom stereocenters. The average Bonchev–Trinajstić information content (AvgIpc) is 4.00. The van der Waals surface area contributed by atoms with E-state index in [4.69, 9.17) is 52.3 Å². The molecule has 2 aliphatic rings. The minimum absolute atomic E-state index is 0. The number of nitrogens with zero attached hydrogens (tertiary/aromatic N) is 10. The minimum Gasteiger partial charge on any atom is -0.855 e. The Balaban J connectivity index is 0.000000317. The van der Waals surface area contributed by atoms with E-state index in [1.54, 1.807) is 19.9 Å². The average molecular weight is 1070 g/mol. The Hall–Kier alpha value is -10.2. The van der Waals surface area contributed by atoms with E-state index in [1.165, 1.54) is 48.5 Å². The Bertz CT molecular complexity index is 3790. The molecule has 0 saturated carbocycles. The fourth-order valence-corrected chi connectivity index (χ4v) is 7.27. The van der Waals surface area contributed by atoms with Gasteiger partial charge in [0, 0.05) is 28.9 Å². The summed E-state index contributed by atoms with van der Waals surface area (Å²) in [4.78, 5) is 25.5. The second-order valence-electron chi connectivity index (χ2n) is 14.7. The first kappa shape index (κ1) is 62.1. The van der Waals surface area contributed by atoms with Crippen molar-refractivity contribution in [3.8, 4) is 58.7 Å². The van der Waals surface area contributed by atoms with Crippen LogP contribution in [0.4, 0.5) is 66.7 Å². The van der Waals surface area contributed by atoms with Gasteiger partial charge in [0.1, 0.15) is 30.3 Å². The first-order valence-electron chi connectivity index (χ1n) is 20.8. The predicted octanol–water partition coefficient (Wildman–Crippen LogP) is 9.25. The quantitative estimate of drug-likeness (QED) is 0.0435. The summed E-state index contributed by atoms with van der Waals surface area (Å²) in [5, 5.41) is 71.4. The first-order valence-corrected chi connectivity index (χ1v) is 20.8. The van der Waals surface area contributed by atoms with Gasteiger partial charge in [-0.1, -0.05) is 31.2 Å². The number of fused-ring (bicyclic) bond motifs is 6. The second-order valence-corrected chi connectivity index (χ2v) is 14.7. The molecule has 0 bridgehead atoms.